The van der Waals surface area contributed by atoms with Gasteiger partial charge in [-0.3, -0.25) is 9.10 Å². The van der Waals surface area contributed by atoms with Crippen LogP contribution in [0.1, 0.15) is 18.9 Å². The van der Waals surface area contributed by atoms with Gasteiger partial charge in [-0.25, -0.2) is 8.42 Å². The van der Waals surface area contributed by atoms with Crippen LogP contribution in [-0.2, 0) is 21.4 Å². The summed E-state index contributed by atoms with van der Waals surface area (Å²) in [5.74, 6) is 0.882. The minimum atomic E-state index is -3.47. The van der Waals surface area contributed by atoms with E-state index in [9.17, 15) is 13.2 Å². The van der Waals surface area contributed by atoms with E-state index in [1.54, 1.807) is 24.3 Å². The number of nitrogens with zero attached hydrogens (tertiary/aromatic N) is 1. The van der Waals surface area contributed by atoms with E-state index < -0.39 is 16.1 Å². The number of hydrogen-bond donors (Lipinski definition) is 1. The lowest BCUT2D eigenvalue weighted by Gasteiger charge is -2.20. The Hall–Kier alpha value is -2.74. The van der Waals surface area contributed by atoms with Gasteiger partial charge in [0.1, 0.15) is 11.5 Å². The Morgan fingerprint density at radius 2 is 1.93 bits per heavy atom. The standard InChI is InChI=1S/C20H24N2O5S/c1-3-26-16-10-8-15(9-11-16)14-21-20(23)19-12-13-22(28(2,24)25)17-6-4-5-7-18(17)27-19/h4-11,19H,3,12-14H2,1-2H3,(H,21,23). The Bertz CT molecular complexity index is 928. The number of benzene rings is 2. The molecule has 0 saturated carbocycles. The number of rotatable bonds is 6. The third kappa shape index (κ3) is 4.75. The van der Waals surface area contributed by atoms with Gasteiger partial charge in [-0.1, -0.05) is 24.3 Å². The van der Waals surface area contributed by atoms with Gasteiger partial charge < -0.3 is 14.8 Å². The van der Waals surface area contributed by atoms with Crippen molar-refractivity contribution in [3.8, 4) is 11.5 Å². The van der Waals surface area contributed by atoms with Gasteiger partial charge in [0, 0.05) is 19.5 Å². The van der Waals surface area contributed by atoms with E-state index in [1.807, 2.05) is 31.2 Å². The number of ether oxygens (including phenoxy) is 2. The van der Waals surface area contributed by atoms with Gasteiger partial charge in [0.05, 0.1) is 18.6 Å². The van der Waals surface area contributed by atoms with Crippen molar-refractivity contribution < 1.29 is 22.7 Å². The molecule has 2 aromatic carbocycles. The fourth-order valence-corrected chi connectivity index (χ4v) is 3.98. The van der Waals surface area contributed by atoms with Gasteiger partial charge in [0.25, 0.3) is 5.91 Å². The van der Waals surface area contributed by atoms with Crippen molar-refractivity contribution in [1.29, 1.82) is 0 Å². The van der Waals surface area contributed by atoms with E-state index in [0.717, 1.165) is 17.6 Å². The van der Waals surface area contributed by atoms with Crippen molar-refractivity contribution in [3.63, 3.8) is 0 Å². The molecule has 1 N–H and O–H groups in total. The minimum absolute atomic E-state index is 0.178. The molecule has 2 aromatic rings. The molecular weight excluding hydrogens is 380 g/mol. The maximum Gasteiger partial charge on any atom is 0.261 e. The smallest absolute Gasteiger partial charge is 0.261 e. The Morgan fingerprint density at radius 3 is 2.61 bits per heavy atom. The van der Waals surface area contributed by atoms with Crippen LogP contribution in [0.15, 0.2) is 48.5 Å². The van der Waals surface area contributed by atoms with E-state index >= 15 is 0 Å². The van der Waals surface area contributed by atoms with Gasteiger partial charge in [-0.15, -0.1) is 0 Å². The molecule has 0 spiro atoms. The topological polar surface area (TPSA) is 84.9 Å². The first-order valence-corrected chi connectivity index (χ1v) is 11.0. The highest BCUT2D eigenvalue weighted by Crippen LogP contribution is 2.33. The second-order valence-electron chi connectivity index (χ2n) is 6.49. The van der Waals surface area contributed by atoms with Crippen LogP contribution >= 0.6 is 0 Å². The summed E-state index contributed by atoms with van der Waals surface area (Å²) >= 11 is 0. The molecule has 1 heterocycles. The molecule has 0 fully saturated rings. The summed E-state index contributed by atoms with van der Waals surface area (Å²) in [6, 6.07) is 14.3. The zero-order valence-corrected chi connectivity index (χ0v) is 16.7. The minimum Gasteiger partial charge on any atom is -0.494 e. The second-order valence-corrected chi connectivity index (χ2v) is 8.40. The summed E-state index contributed by atoms with van der Waals surface area (Å²) < 4.78 is 36.8. The average Bonchev–Trinajstić information content (AvgIpc) is 2.87. The van der Waals surface area contributed by atoms with Crippen LogP contribution in [0.4, 0.5) is 5.69 Å². The summed E-state index contributed by atoms with van der Waals surface area (Å²) in [7, 11) is -3.47. The number of anilines is 1. The number of amides is 1. The Morgan fingerprint density at radius 1 is 1.21 bits per heavy atom. The average molecular weight is 404 g/mol. The molecule has 1 atom stereocenters. The number of carbonyl (C=O) groups is 1. The molecule has 3 rings (SSSR count). The number of sulfonamides is 1. The van der Waals surface area contributed by atoms with Crippen LogP contribution in [0.25, 0.3) is 0 Å². The molecule has 0 saturated heterocycles. The van der Waals surface area contributed by atoms with E-state index in [4.69, 9.17) is 9.47 Å². The molecule has 150 valence electrons. The van der Waals surface area contributed by atoms with Crippen molar-refractivity contribution in [2.45, 2.75) is 26.0 Å². The number of fused-ring (bicyclic) bond motifs is 1. The molecule has 1 amide bonds. The third-order valence-corrected chi connectivity index (χ3v) is 5.57. The van der Waals surface area contributed by atoms with Gasteiger partial charge in [-0.05, 0) is 36.8 Å². The number of nitrogens with one attached hydrogen (secondary N) is 1. The molecule has 0 aliphatic carbocycles. The molecule has 1 aliphatic rings. The lowest BCUT2D eigenvalue weighted by molar-refractivity contribution is -0.128. The fourth-order valence-electron chi connectivity index (χ4n) is 3.03. The lowest BCUT2D eigenvalue weighted by Crippen LogP contribution is -2.39. The second kappa shape index (κ2) is 8.52. The SMILES string of the molecule is CCOc1ccc(CNC(=O)C2CCN(S(C)(=O)=O)c3ccccc3O2)cc1. The van der Waals surface area contributed by atoms with Crippen LogP contribution in [0.3, 0.4) is 0 Å². The fraction of sp³-hybridized carbons (Fsp3) is 0.350. The summed E-state index contributed by atoms with van der Waals surface area (Å²) in [5, 5.41) is 2.86. The van der Waals surface area contributed by atoms with E-state index in [-0.39, 0.29) is 18.9 Å². The maximum atomic E-state index is 12.6. The third-order valence-electron chi connectivity index (χ3n) is 4.39. The predicted molar refractivity (Wildman–Crippen MR) is 107 cm³/mol. The molecule has 0 radical (unpaired) electrons. The molecule has 1 unspecified atom stereocenters. The van der Waals surface area contributed by atoms with Crippen molar-refractivity contribution >= 4 is 21.6 Å². The molecule has 7 nitrogen and oxygen atoms in total. The van der Waals surface area contributed by atoms with Crippen LogP contribution in [-0.4, -0.2) is 39.8 Å². The van der Waals surface area contributed by atoms with Crippen LogP contribution < -0.4 is 19.1 Å². The maximum absolute atomic E-state index is 12.6. The highest BCUT2D eigenvalue weighted by Gasteiger charge is 2.30. The van der Waals surface area contributed by atoms with Crippen molar-refractivity contribution in [2.75, 3.05) is 23.7 Å². The molecule has 0 bridgehead atoms. The van der Waals surface area contributed by atoms with Crippen LogP contribution in [0.2, 0.25) is 0 Å². The van der Waals surface area contributed by atoms with Gasteiger partial charge in [-0.2, -0.15) is 0 Å². The highest BCUT2D eigenvalue weighted by molar-refractivity contribution is 7.92. The first kappa shape index (κ1) is 20.0. The van der Waals surface area contributed by atoms with Crippen molar-refractivity contribution in [3.05, 3.63) is 54.1 Å². The summed E-state index contributed by atoms with van der Waals surface area (Å²) in [5.41, 5.74) is 1.38. The highest BCUT2D eigenvalue weighted by atomic mass is 32.2. The van der Waals surface area contributed by atoms with Gasteiger partial charge in [0.15, 0.2) is 6.10 Å². The van der Waals surface area contributed by atoms with E-state index in [1.165, 1.54) is 4.31 Å². The number of para-hydroxylation sites is 2. The molecule has 8 heteroatoms. The zero-order valence-electron chi connectivity index (χ0n) is 15.9. The van der Waals surface area contributed by atoms with Crippen LogP contribution in [0, 0.1) is 0 Å². The summed E-state index contributed by atoms with van der Waals surface area (Å²) in [6.07, 6.45) is 0.642. The number of carbonyl (C=O) groups excluding carboxylic acids is 1. The van der Waals surface area contributed by atoms with E-state index in [0.29, 0.717) is 24.6 Å². The summed E-state index contributed by atoms with van der Waals surface area (Å²) in [4.78, 5) is 12.6. The van der Waals surface area contributed by atoms with Gasteiger partial charge >= 0.3 is 0 Å². The van der Waals surface area contributed by atoms with E-state index in [2.05, 4.69) is 5.32 Å². The van der Waals surface area contributed by atoms with Gasteiger partial charge in [0.2, 0.25) is 10.0 Å². The molecule has 1 aliphatic heterocycles. The predicted octanol–water partition coefficient (Wildman–Crippen LogP) is 2.32. The first-order chi connectivity index (χ1) is 13.4. The van der Waals surface area contributed by atoms with Crippen molar-refractivity contribution in [1.82, 2.24) is 5.32 Å². The van der Waals surface area contributed by atoms with Crippen molar-refractivity contribution in [2.24, 2.45) is 0 Å². The molecule has 0 aromatic heterocycles. The first-order valence-electron chi connectivity index (χ1n) is 9.11. The quantitative estimate of drug-likeness (QED) is 0.799. The molecular formula is C20H24N2O5S. The zero-order chi connectivity index (χ0) is 20.1. The largest absolute Gasteiger partial charge is 0.494 e. The Labute approximate surface area is 165 Å². The Kier molecular flexibility index (Phi) is 6.08. The Balaban J connectivity index is 1.68. The van der Waals surface area contributed by atoms with Crippen LogP contribution in [0.5, 0.6) is 11.5 Å². The normalized spacial score (nSPS) is 16.5. The number of hydrogen-bond acceptors (Lipinski definition) is 5. The molecule has 28 heavy (non-hydrogen) atoms. The lowest BCUT2D eigenvalue weighted by atomic mass is 10.2. The monoisotopic (exact) mass is 404 g/mol. The summed E-state index contributed by atoms with van der Waals surface area (Å²) in [6.45, 7) is 3.05.